The van der Waals surface area contributed by atoms with Crippen molar-refractivity contribution < 1.29 is 27.6 Å². The Labute approximate surface area is 156 Å². The van der Waals surface area contributed by atoms with E-state index in [2.05, 4.69) is 5.16 Å². The summed E-state index contributed by atoms with van der Waals surface area (Å²) in [7, 11) is -3.77. The SMILES string of the molecule is Cc1noc(C)c1S(=O)(=O)N1CCN(C(=O)c2ccccc2C(=O)O)CC1. The van der Waals surface area contributed by atoms with Crippen molar-refractivity contribution in [3.05, 3.63) is 46.8 Å². The highest BCUT2D eigenvalue weighted by Crippen LogP contribution is 2.24. The Balaban J connectivity index is 1.76. The van der Waals surface area contributed by atoms with Gasteiger partial charge in [0.05, 0.1) is 11.1 Å². The molecular formula is C17H19N3O6S. The molecule has 0 unspecified atom stereocenters. The summed E-state index contributed by atoms with van der Waals surface area (Å²) in [6, 6.07) is 5.97. The summed E-state index contributed by atoms with van der Waals surface area (Å²) in [5.41, 5.74) is 0.307. The van der Waals surface area contributed by atoms with Gasteiger partial charge in [0.2, 0.25) is 10.0 Å². The number of hydrogen-bond donors (Lipinski definition) is 1. The highest BCUT2D eigenvalue weighted by atomic mass is 32.2. The number of aromatic nitrogens is 1. The fourth-order valence-electron chi connectivity index (χ4n) is 3.13. The van der Waals surface area contributed by atoms with E-state index in [9.17, 15) is 23.1 Å². The van der Waals surface area contributed by atoms with E-state index in [1.54, 1.807) is 19.1 Å². The number of rotatable bonds is 4. The molecule has 9 nitrogen and oxygen atoms in total. The summed E-state index contributed by atoms with van der Waals surface area (Å²) in [4.78, 5) is 25.5. The predicted octanol–water partition coefficient (Wildman–Crippen LogP) is 1.14. The predicted molar refractivity (Wildman–Crippen MR) is 94.0 cm³/mol. The van der Waals surface area contributed by atoms with Crippen LogP contribution < -0.4 is 0 Å². The smallest absolute Gasteiger partial charge is 0.336 e. The highest BCUT2D eigenvalue weighted by molar-refractivity contribution is 7.89. The molecule has 0 spiro atoms. The second kappa shape index (κ2) is 7.12. The molecule has 1 fully saturated rings. The van der Waals surface area contributed by atoms with Gasteiger partial charge in [0.1, 0.15) is 10.6 Å². The number of carboxylic acid groups (broad SMARTS) is 1. The number of carboxylic acids is 1. The Bertz CT molecular complexity index is 970. The fourth-order valence-corrected chi connectivity index (χ4v) is 4.84. The average molecular weight is 393 g/mol. The number of hydrogen-bond acceptors (Lipinski definition) is 6. The summed E-state index contributed by atoms with van der Waals surface area (Å²) >= 11 is 0. The van der Waals surface area contributed by atoms with Crippen LogP contribution in [0.5, 0.6) is 0 Å². The van der Waals surface area contributed by atoms with Crippen LogP contribution in [0.2, 0.25) is 0 Å². The van der Waals surface area contributed by atoms with Gasteiger partial charge in [-0.25, -0.2) is 13.2 Å². The maximum Gasteiger partial charge on any atom is 0.336 e. The van der Waals surface area contributed by atoms with E-state index < -0.39 is 21.9 Å². The zero-order valence-electron chi connectivity index (χ0n) is 14.9. The first-order valence-electron chi connectivity index (χ1n) is 8.28. The molecule has 1 aromatic heterocycles. The van der Waals surface area contributed by atoms with Gasteiger partial charge in [-0.1, -0.05) is 17.3 Å². The summed E-state index contributed by atoms with van der Waals surface area (Å²) in [6.45, 7) is 3.63. The Kier molecular flexibility index (Phi) is 5.03. The lowest BCUT2D eigenvalue weighted by atomic mass is 10.1. The van der Waals surface area contributed by atoms with E-state index in [1.807, 2.05) is 0 Å². The summed E-state index contributed by atoms with van der Waals surface area (Å²) in [6.07, 6.45) is 0. The fraction of sp³-hybridized carbons (Fsp3) is 0.353. The van der Waals surface area contributed by atoms with Gasteiger partial charge < -0.3 is 14.5 Å². The van der Waals surface area contributed by atoms with Gasteiger partial charge in [-0.05, 0) is 26.0 Å². The maximum atomic E-state index is 12.8. The van der Waals surface area contributed by atoms with Gasteiger partial charge in [0, 0.05) is 26.2 Å². The Hall–Kier alpha value is -2.72. The van der Waals surface area contributed by atoms with E-state index in [0.717, 1.165) is 0 Å². The zero-order valence-corrected chi connectivity index (χ0v) is 15.7. The molecule has 0 atom stereocenters. The number of benzene rings is 1. The molecule has 0 saturated carbocycles. The first kappa shape index (κ1) is 19.1. The van der Waals surface area contributed by atoms with Gasteiger partial charge in [0.25, 0.3) is 5.91 Å². The van der Waals surface area contributed by atoms with E-state index in [-0.39, 0.29) is 48.0 Å². The second-order valence-electron chi connectivity index (χ2n) is 6.20. The lowest BCUT2D eigenvalue weighted by Crippen LogP contribution is -2.50. The van der Waals surface area contributed by atoms with Crippen LogP contribution in [0, 0.1) is 13.8 Å². The zero-order chi connectivity index (χ0) is 19.8. The van der Waals surface area contributed by atoms with Crippen LogP contribution in [0.4, 0.5) is 0 Å². The number of aryl methyl sites for hydroxylation is 2. The average Bonchev–Trinajstić information content (AvgIpc) is 3.00. The van der Waals surface area contributed by atoms with Crippen LogP contribution in [0.1, 0.15) is 32.2 Å². The summed E-state index contributed by atoms with van der Waals surface area (Å²) in [5.74, 6) is -1.39. The molecule has 0 aliphatic carbocycles. The van der Waals surface area contributed by atoms with Crippen LogP contribution in [0.15, 0.2) is 33.7 Å². The lowest BCUT2D eigenvalue weighted by molar-refractivity contribution is 0.0656. The molecule has 2 aromatic rings. The number of piperazine rings is 1. The van der Waals surface area contributed by atoms with Gasteiger partial charge >= 0.3 is 5.97 Å². The van der Waals surface area contributed by atoms with E-state index in [1.165, 1.54) is 28.3 Å². The third kappa shape index (κ3) is 3.45. The highest BCUT2D eigenvalue weighted by Gasteiger charge is 2.34. The summed E-state index contributed by atoms with van der Waals surface area (Å²) in [5, 5.41) is 12.9. The molecule has 0 bridgehead atoms. The van der Waals surface area contributed by atoms with Crippen molar-refractivity contribution in [1.29, 1.82) is 0 Å². The molecule has 1 amide bonds. The molecule has 0 radical (unpaired) electrons. The van der Waals surface area contributed by atoms with Crippen LogP contribution in [0.3, 0.4) is 0 Å². The number of sulfonamides is 1. The van der Waals surface area contributed by atoms with Crippen LogP contribution >= 0.6 is 0 Å². The topological polar surface area (TPSA) is 121 Å². The first-order valence-corrected chi connectivity index (χ1v) is 9.72. The van der Waals surface area contributed by atoms with Gasteiger partial charge in [-0.3, -0.25) is 4.79 Å². The molecular weight excluding hydrogens is 374 g/mol. The standard InChI is InChI=1S/C17H19N3O6S/c1-11-15(12(2)26-18-11)27(24,25)20-9-7-19(8-10-20)16(21)13-5-3-4-6-14(13)17(22)23/h3-6H,7-10H2,1-2H3,(H,22,23). The number of carbonyl (C=O) groups is 2. The van der Waals surface area contributed by atoms with E-state index in [4.69, 9.17) is 4.52 Å². The van der Waals surface area contributed by atoms with Gasteiger partial charge in [-0.15, -0.1) is 0 Å². The third-order valence-electron chi connectivity index (χ3n) is 4.48. The number of carbonyl (C=O) groups excluding carboxylic acids is 1. The van der Waals surface area contributed by atoms with Crippen LogP contribution in [0.25, 0.3) is 0 Å². The molecule has 27 heavy (non-hydrogen) atoms. The van der Waals surface area contributed by atoms with Crippen molar-refractivity contribution in [2.45, 2.75) is 18.7 Å². The Morgan fingerprint density at radius 3 is 2.19 bits per heavy atom. The molecule has 1 saturated heterocycles. The van der Waals surface area contributed by atoms with Crippen molar-refractivity contribution in [2.75, 3.05) is 26.2 Å². The van der Waals surface area contributed by atoms with Crippen molar-refractivity contribution in [1.82, 2.24) is 14.4 Å². The van der Waals surface area contributed by atoms with Crippen LogP contribution in [-0.2, 0) is 10.0 Å². The molecule has 10 heteroatoms. The number of amides is 1. The minimum Gasteiger partial charge on any atom is -0.478 e. The Morgan fingerprint density at radius 2 is 1.67 bits per heavy atom. The maximum absolute atomic E-state index is 12.8. The molecule has 2 heterocycles. The normalized spacial score (nSPS) is 15.7. The van der Waals surface area contributed by atoms with Crippen LogP contribution in [-0.4, -0.2) is 65.9 Å². The van der Waals surface area contributed by atoms with Crippen molar-refractivity contribution in [3.63, 3.8) is 0 Å². The van der Waals surface area contributed by atoms with Crippen molar-refractivity contribution >= 4 is 21.9 Å². The van der Waals surface area contributed by atoms with Crippen molar-refractivity contribution in [3.8, 4) is 0 Å². The van der Waals surface area contributed by atoms with E-state index >= 15 is 0 Å². The molecule has 3 rings (SSSR count). The second-order valence-corrected chi connectivity index (χ2v) is 8.08. The minimum atomic E-state index is -3.77. The first-order chi connectivity index (χ1) is 12.7. The molecule has 1 aliphatic heterocycles. The molecule has 144 valence electrons. The molecule has 1 N–H and O–H groups in total. The monoisotopic (exact) mass is 393 g/mol. The largest absolute Gasteiger partial charge is 0.478 e. The quantitative estimate of drug-likeness (QED) is 0.826. The van der Waals surface area contributed by atoms with Crippen molar-refractivity contribution in [2.24, 2.45) is 0 Å². The Morgan fingerprint density at radius 1 is 1.07 bits per heavy atom. The van der Waals surface area contributed by atoms with Gasteiger partial charge in [0.15, 0.2) is 5.76 Å². The summed E-state index contributed by atoms with van der Waals surface area (Å²) < 4.78 is 31.9. The third-order valence-corrected chi connectivity index (χ3v) is 6.62. The number of aromatic carboxylic acids is 1. The minimum absolute atomic E-state index is 0.0542. The lowest BCUT2D eigenvalue weighted by Gasteiger charge is -2.34. The molecule has 1 aromatic carbocycles. The van der Waals surface area contributed by atoms with E-state index in [0.29, 0.717) is 5.69 Å². The van der Waals surface area contributed by atoms with Gasteiger partial charge in [-0.2, -0.15) is 4.31 Å². The molecule has 1 aliphatic rings. The number of nitrogens with zero attached hydrogens (tertiary/aromatic N) is 3.